The molecule has 0 bridgehead atoms. The Bertz CT molecular complexity index is 576. The van der Waals surface area contributed by atoms with E-state index in [1.165, 1.54) is 5.56 Å². The maximum Gasteiger partial charge on any atom is 0.255 e. The quantitative estimate of drug-likeness (QED) is 0.879. The van der Waals surface area contributed by atoms with E-state index in [4.69, 9.17) is 0 Å². The molecule has 0 saturated heterocycles. The number of carbonyl (C=O) groups excluding carboxylic acids is 1. The maximum atomic E-state index is 12.0. The minimum absolute atomic E-state index is 0.0829. The number of nitrogens with one attached hydrogen (secondary N) is 1. The molecule has 0 heterocycles. The van der Waals surface area contributed by atoms with E-state index in [2.05, 4.69) is 21.2 Å². The van der Waals surface area contributed by atoms with Crippen LogP contribution in [-0.4, -0.2) is 5.91 Å². The summed E-state index contributed by atoms with van der Waals surface area (Å²) >= 11 is 3.36. The lowest BCUT2D eigenvalue weighted by Gasteiger charge is -2.07. The number of carbonyl (C=O) groups is 1. The molecule has 0 aliphatic rings. The van der Waals surface area contributed by atoms with Gasteiger partial charge in [0.2, 0.25) is 0 Å². The van der Waals surface area contributed by atoms with Gasteiger partial charge in [-0.15, -0.1) is 0 Å². The van der Waals surface area contributed by atoms with Crippen molar-refractivity contribution in [2.75, 3.05) is 5.32 Å². The smallest absolute Gasteiger partial charge is 0.255 e. The molecule has 0 radical (unpaired) electrons. The summed E-state index contributed by atoms with van der Waals surface area (Å²) in [5.74, 6) is -0.0829. The molecular formula is C15H14BrNO. The fourth-order valence-corrected chi connectivity index (χ4v) is 1.88. The van der Waals surface area contributed by atoms with Crippen LogP contribution in [0.25, 0.3) is 0 Å². The Hall–Kier alpha value is -1.61. The first-order valence-corrected chi connectivity index (χ1v) is 6.50. The van der Waals surface area contributed by atoms with Crippen LogP contribution in [0.15, 0.2) is 46.9 Å². The molecule has 3 heteroatoms. The fraction of sp³-hybridized carbons (Fsp3) is 0.133. The molecule has 0 aliphatic heterocycles. The van der Waals surface area contributed by atoms with Gasteiger partial charge in [0.1, 0.15) is 0 Å². The topological polar surface area (TPSA) is 29.1 Å². The minimum atomic E-state index is -0.0829. The molecule has 0 saturated carbocycles. The number of amides is 1. The van der Waals surface area contributed by atoms with Crippen LogP contribution in [0.4, 0.5) is 5.69 Å². The van der Waals surface area contributed by atoms with Crippen LogP contribution in [0, 0.1) is 13.8 Å². The molecule has 2 aromatic carbocycles. The first kappa shape index (κ1) is 12.8. The van der Waals surface area contributed by atoms with E-state index in [0.717, 1.165) is 15.7 Å². The van der Waals surface area contributed by atoms with Crippen molar-refractivity contribution in [1.82, 2.24) is 0 Å². The second kappa shape index (κ2) is 5.36. The predicted molar refractivity (Wildman–Crippen MR) is 78.0 cm³/mol. The highest BCUT2D eigenvalue weighted by atomic mass is 79.9. The number of anilines is 1. The highest BCUT2D eigenvalue weighted by molar-refractivity contribution is 9.10. The van der Waals surface area contributed by atoms with Crippen molar-refractivity contribution in [3.63, 3.8) is 0 Å². The number of aryl methyl sites for hydroxylation is 2. The van der Waals surface area contributed by atoms with E-state index in [9.17, 15) is 4.79 Å². The largest absolute Gasteiger partial charge is 0.322 e. The van der Waals surface area contributed by atoms with E-state index in [-0.39, 0.29) is 5.91 Å². The Morgan fingerprint density at radius 1 is 1.00 bits per heavy atom. The summed E-state index contributed by atoms with van der Waals surface area (Å²) < 4.78 is 0.992. The molecule has 0 atom stereocenters. The minimum Gasteiger partial charge on any atom is -0.322 e. The monoisotopic (exact) mass is 303 g/mol. The van der Waals surface area contributed by atoms with Crippen molar-refractivity contribution in [1.29, 1.82) is 0 Å². The number of benzene rings is 2. The van der Waals surface area contributed by atoms with E-state index < -0.39 is 0 Å². The number of hydrogen-bond acceptors (Lipinski definition) is 1. The van der Waals surface area contributed by atoms with Crippen molar-refractivity contribution in [2.24, 2.45) is 0 Å². The zero-order valence-electron chi connectivity index (χ0n) is 10.3. The third kappa shape index (κ3) is 2.99. The van der Waals surface area contributed by atoms with Gasteiger partial charge < -0.3 is 5.32 Å². The zero-order chi connectivity index (χ0) is 13.1. The van der Waals surface area contributed by atoms with Gasteiger partial charge in [-0.3, -0.25) is 4.79 Å². The van der Waals surface area contributed by atoms with Crippen LogP contribution in [-0.2, 0) is 0 Å². The molecule has 0 aromatic heterocycles. The third-order valence-electron chi connectivity index (χ3n) is 2.87. The summed E-state index contributed by atoms with van der Waals surface area (Å²) in [5, 5.41) is 2.87. The van der Waals surface area contributed by atoms with Gasteiger partial charge >= 0.3 is 0 Å². The van der Waals surface area contributed by atoms with E-state index >= 15 is 0 Å². The molecule has 1 amide bonds. The average molecular weight is 304 g/mol. The molecule has 0 spiro atoms. The van der Waals surface area contributed by atoms with Gasteiger partial charge in [0, 0.05) is 15.7 Å². The van der Waals surface area contributed by atoms with Crippen LogP contribution < -0.4 is 5.32 Å². The molecule has 0 unspecified atom stereocenters. The van der Waals surface area contributed by atoms with E-state index in [1.54, 1.807) is 0 Å². The summed E-state index contributed by atoms with van der Waals surface area (Å²) in [6, 6.07) is 13.2. The molecule has 18 heavy (non-hydrogen) atoms. The summed E-state index contributed by atoms with van der Waals surface area (Å²) in [7, 11) is 0. The average Bonchev–Trinajstić information content (AvgIpc) is 2.35. The Morgan fingerprint density at radius 3 is 2.28 bits per heavy atom. The van der Waals surface area contributed by atoms with Gasteiger partial charge in [0.25, 0.3) is 5.91 Å². The van der Waals surface area contributed by atoms with Crippen molar-refractivity contribution in [3.05, 3.63) is 63.6 Å². The Morgan fingerprint density at radius 2 is 1.67 bits per heavy atom. The zero-order valence-corrected chi connectivity index (χ0v) is 11.9. The molecule has 92 valence electrons. The first-order chi connectivity index (χ1) is 8.56. The van der Waals surface area contributed by atoms with Crippen LogP contribution in [0.2, 0.25) is 0 Å². The second-order valence-electron chi connectivity index (χ2n) is 4.26. The van der Waals surface area contributed by atoms with Gasteiger partial charge in [-0.1, -0.05) is 22.0 Å². The fourth-order valence-electron chi connectivity index (χ4n) is 1.62. The molecule has 0 aliphatic carbocycles. The lowest BCUT2D eigenvalue weighted by molar-refractivity contribution is 0.102. The molecule has 2 aromatic rings. The van der Waals surface area contributed by atoms with Crippen molar-refractivity contribution in [2.45, 2.75) is 13.8 Å². The third-order valence-corrected chi connectivity index (χ3v) is 3.40. The summed E-state index contributed by atoms with van der Waals surface area (Å²) in [4.78, 5) is 12.0. The predicted octanol–water partition coefficient (Wildman–Crippen LogP) is 4.32. The van der Waals surface area contributed by atoms with Gasteiger partial charge in [-0.05, 0) is 61.4 Å². The van der Waals surface area contributed by atoms with E-state index in [0.29, 0.717) is 5.56 Å². The highest BCUT2D eigenvalue weighted by Crippen LogP contribution is 2.16. The summed E-state index contributed by atoms with van der Waals surface area (Å²) in [6.07, 6.45) is 0. The Labute approximate surface area is 115 Å². The lowest BCUT2D eigenvalue weighted by Crippen LogP contribution is -2.12. The highest BCUT2D eigenvalue weighted by Gasteiger charge is 2.06. The Balaban J connectivity index is 2.16. The SMILES string of the molecule is Cc1ccc(C(=O)Nc2ccc(Br)cc2)cc1C. The van der Waals surface area contributed by atoms with Gasteiger partial charge in [-0.25, -0.2) is 0 Å². The van der Waals surface area contributed by atoms with E-state index in [1.807, 2.05) is 56.3 Å². The molecule has 2 rings (SSSR count). The van der Waals surface area contributed by atoms with Crippen LogP contribution >= 0.6 is 15.9 Å². The maximum absolute atomic E-state index is 12.0. The normalized spacial score (nSPS) is 10.2. The molecule has 0 fully saturated rings. The standard InChI is InChI=1S/C15H14BrNO/c1-10-3-4-12(9-11(10)2)15(18)17-14-7-5-13(16)6-8-14/h3-9H,1-2H3,(H,17,18). The summed E-state index contributed by atoms with van der Waals surface area (Å²) in [5.41, 5.74) is 3.79. The number of hydrogen-bond donors (Lipinski definition) is 1. The second-order valence-corrected chi connectivity index (χ2v) is 5.18. The summed E-state index contributed by atoms with van der Waals surface area (Å²) in [6.45, 7) is 4.04. The number of halogens is 1. The number of rotatable bonds is 2. The van der Waals surface area contributed by atoms with Crippen LogP contribution in [0.1, 0.15) is 21.5 Å². The van der Waals surface area contributed by atoms with Crippen LogP contribution in [0.5, 0.6) is 0 Å². The molecule has 1 N–H and O–H groups in total. The van der Waals surface area contributed by atoms with Crippen molar-refractivity contribution in [3.8, 4) is 0 Å². The van der Waals surface area contributed by atoms with Gasteiger partial charge in [0.15, 0.2) is 0 Å². The van der Waals surface area contributed by atoms with Crippen molar-refractivity contribution >= 4 is 27.5 Å². The van der Waals surface area contributed by atoms with Gasteiger partial charge in [0.05, 0.1) is 0 Å². The molecular weight excluding hydrogens is 290 g/mol. The first-order valence-electron chi connectivity index (χ1n) is 5.70. The lowest BCUT2D eigenvalue weighted by atomic mass is 10.1. The van der Waals surface area contributed by atoms with Crippen molar-refractivity contribution < 1.29 is 4.79 Å². The van der Waals surface area contributed by atoms with Gasteiger partial charge in [-0.2, -0.15) is 0 Å². The Kier molecular flexibility index (Phi) is 3.82. The molecule has 2 nitrogen and oxygen atoms in total. The van der Waals surface area contributed by atoms with Crippen LogP contribution in [0.3, 0.4) is 0 Å².